The molecular formula is C14H21N5. The molecule has 0 aliphatic heterocycles. The predicted molar refractivity (Wildman–Crippen MR) is 76.8 cm³/mol. The summed E-state index contributed by atoms with van der Waals surface area (Å²) < 4.78 is 2.04. The summed E-state index contributed by atoms with van der Waals surface area (Å²) in [6.45, 7) is 9.17. The lowest BCUT2D eigenvalue weighted by Gasteiger charge is -2.14. The van der Waals surface area contributed by atoms with Gasteiger partial charge in [-0.05, 0) is 27.2 Å². The topological polar surface area (TPSA) is 55.6 Å². The summed E-state index contributed by atoms with van der Waals surface area (Å²) in [5.74, 6) is 1.87. The van der Waals surface area contributed by atoms with Gasteiger partial charge in [-0.15, -0.1) is 0 Å². The van der Waals surface area contributed by atoms with Crippen LogP contribution in [0.4, 0.5) is 5.82 Å². The second-order valence-corrected chi connectivity index (χ2v) is 4.59. The summed E-state index contributed by atoms with van der Waals surface area (Å²) in [4.78, 5) is 13.2. The van der Waals surface area contributed by atoms with Gasteiger partial charge < -0.3 is 5.32 Å². The molecule has 2 heterocycles. The summed E-state index contributed by atoms with van der Waals surface area (Å²) in [6.07, 6.45) is 5.46. The van der Waals surface area contributed by atoms with Gasteiger partial charge in [-0.1, -0.05) is 13.3 Å². The predicted octanol–water partition coefficient (Wildman–Crippen LogP) is 2.66. The zero-order valence-electron chi connectivity index (χ0n) is 12.1. The van der Waals surface area contributed by atoms with Gasteiger partial charge in [0.1, 0.15) is 24.3 Å². The van der Waals surface area contributed by atoms with Crippen molar-refractivity contribution in [2.24, 2.45) is 0 Å². The third-order valence-electron chi connectivity index (χ3n) is 3.25. The molecule has 19 heavy (non-hydrogen) atoms. The lowest BCUT2D eigenvalue weighted by atomic mass is 10.1. The van der Waals surface area contributed by atoms with Crippen LogP contribution in [0.3, 0.4) is 0 Å². The Morgan fingerprint density at radius 1 is 1.16 bits per heavy atom. The highest BCUT2D eigenvalue weighted by atomic mass is 15.1. The third kappa shape index (κ3) is 2.59. The zero-order chi connectivity index (χ0) is 13.8. The Labute approximate surface area is 114 Å². The van der Waals surface area contributed by atoms with Gasteiger partial charge >= 0.3 is 0 Å². The lowest BCUT2D eigenvalue weighted by Crippen LogP contribution is -2.10. The van der Waals surface area contributed by atoms with Gasteiger partial charge in [-0.2, -0.15) is 0 Å². The Bertz CT molecular complexity index is 559. The molecule has 0 aliphatic rings. The zero-order valence-corrected chi connectivity index (χ0v) is 12.1. The molecule has 2 rings (SSSR count). The van der Waals surface area contributed by atoms with Gasteiger partial charge in [-0.25, -0.2) is 15.0 Å². The molecule has 5 heteroatoms. The molecule has 0 bridgehead atoms. The molecule has 5 nitrogen and oxygen atoms in total. The van der Waals surface area contributed by atoms with Crippen molar-refractivity contribution in [3.8, 4) is 5.82 Å². The average molecular weight is 259 g/mol. The molecule has 0 atom stereocenters. The summed E-state index contributed by atoms with van der Waals surface area (Å²) in [5, 5.41) is 3.31. The Morgan fingerprint density at radius 2 is 1.95 bits per heavy atom. The first-order valence-corrected chi connectivity index (χ1v) is 6.77. The Kier molecular flexibility index (Phi) is 4.14. The van der Waals surface area contributed by atoms with Crippen molar-refractivity contribution >= 4 is 5.82 Å². The first-order chi connectivity index (χ1) is 9.19. The van der Waals surface area contributed by atoms with Gasteiger partial charge in [0.15, 0.2) is 0 Å². The van der Waals surface area contributed by atoms with Crippen LogP contribution in [0, 0.1) is 13.8 Å². The van der Waals surface area contributed by atoms with Gasteiger partial charge in [0.05, 0.1) is 5.69 Å². The number of imidazole rings is 1. The third-order valence-corrected chi connectivity index (χ3v) is 3.25. The first kappa shape index (κ1) is 13.5. The average Bonchev–Trinajstić information content (AvgIpc) is 2.73. The highest BCUT2D eigenvalue weighted by Gasteiger charge is 2.14. The van der Waals surface area contributed by atoms with E-state index in [9.17, 15) is 0 Å². The van der Waals surface area contributed by atoms with Crippen LogP contribution >= 0.6 is 0 Å². The van der Waals surface area contributed by atoms with E-state index in [2.05, 4.69) is 41.0 Å². The van der Waals surface area contributed by atoms with Gasteiger partial charge in [0.2, 0.25) is 0 Å². The monoisotopic (exact) mass is 259 g/mol. The molecular weight excluding hydrogens is 238 g/mol. The minimum Gasteiger partial charge on any atom is -0.370 e. The van der Waals surface area contributed by atoms with Crippen LogP contribution in [0.2, 0.25) is 0 Å². The number of hydrogen-bond donors (Lipinski definition) is 1. The summed E-state index contributed by atoms with van der Waals surface area (Å²) in [7, 11) is 0. The molecule has 0 unspecified atom stereocenters. The number of aromatic nitrogens is 4. The van der Waals surface area contributed by atoms with Gasteiger partial charge in [0, 0.05) is 17.8 Å². The maximum atomic E-state index is 4.46. The fourth-order valence-corrected chi connectivity index (χ4v) is 2.12. The summed E-state index contributed by atoms with van der Waals surface area (Å²) >= 11 is 0. The summed E-state index contributed by atoms with van der Waals surface area (Å²) in [5.41, 5.74) is 3.32. The number of nitrogens with zero attached hydrogens (tertiary/aromatic N) is 4. The molecule has 0 fully saturated rings. The fourth-order valence-electron chi connectivity index (χ4n) is 2.12. The largest absolute Gasteiger partial charge is 0.370 e. The molecule has 0 amide bonds. The molecule has 2 aromatic rings. The van der Waals surface area contributed by atoms with E-state index < -0.39 is 0 Å². The van der Waals surface area contributed by atoms with E-state index in [0.29, 0.717) is 0 Å². The van der Waals surface area contributed by atoms with Crippen molar-refractivity contribution in [2.45, 2.75) is 40.5 Å². The Hall–Kier alpha value is -1.91. The molecule has 0 radical (unpaired) electrons. The Balaban J connectivity index is 2.55. The van der Waals surface area contributed by atoms with Crippen molar-refractivity contribution in [3.63, 3.8) is 0 Å². The van der Waals surface area contributed by atoms with Crippen LogP contribution in [-0.2, 0) is 6.42 Å². The van der Waals surface area contributed by atoms with Crippen molar-refractivity contribution in [2.75, 3.05) is 11.9 Å². The molecule has 102 valence electrons. The molecule has 2 aromatic heterocycles. The second-order valence-electron chi connectivity index (χ2n) is 4.59. The fraction of sp³-hybridized carbons (Fsp3) is 0.500. The smallest absolute Gasteiger partial charge is 0.146 e. The quantitative estimate of drug-likeness (QED) is 0.897. The van der Waals surface area contributed by atoms with Crippen LogP contribution in [0.1, 0.15) is 37.2 Å². The maximum absolute atomic E-state index is 4.46. The van der Waals surface area contributed by atoms with Crippen molar-refractivity contribution < 1.29 is 0 Å². The maximum Gasteiger partial charge on any atom is 0.146 e. The lowest BCUT2D eigenvalue weighted by molar-refractivity contribution is 0.849. The van der Waals surface area contributed by atoms with E-state index in [1.807, 2.05) is 17.8 Å². The molecule has 0 spiro atoms. The normalized spacial score (nSPS) is 10.7. The summed E-state index contributed by atoms with van der Waals surface area (Å²) in [6, 6.07) is 0. The molecule has 0 aromatic carbocycles. The van der Waals surface area contributed by atoms with Crippen LogP contribution in [0.15, 0.2) is 12.7 Å². The molecule has 0 aliphatic carbocycles. The van der Waals surface area contributed by atoms with E-state index in [4.69, 9.17) is 0 Å². The highest BCUT2D eigenvalue weighted by Crippen LogP contribution is 2.22. The minimum atomic E-state index is 0.856. The number of hydrogen-bond acceptors (Lipinski definition) is 4. The van der Waals surface area contributed by atoms with Crippen LogP contribution in [0.25, 0.3) is 5.82 Å². The van der Waals surface area contributed by atoms with Gasteiger partial charge in [0.25, 0.3) is 0 Å². The van der Waals surface area contributed by atoms with E-state index >= 15 is 0 Å². The van der Waals surface area contributed by atoms with Crippen molar-refractivity contribution in [1.29, 1.82) is 0 Å². The van der Waals surface area contributed by atoms with E-state index in [1.54, 1.807) is 6.33 Å². The highest BCUT2D eigenvalue weighted by molar-refractivity contribution is 5.52. The van der Waals surface area contributed by atoms with Crippen molar-refractivity contribution in [3.05, 3.63) is 29.6 Å². The first-order valence-electron chi connectivity index (χ1n) is 6.77. The van der Waals surface area contributed by atoms with Crippen LogP contribution in [0.5, 0.6) is 0 Å². The SMILES string of the molecule is CCCc1c(NCC)ncnc1-n1cnc(C)c1C. The van der Waals surface area contributed by atoms with Crippen LogP contribution in [-0.4, -0.2) is 26.1 Å². The van der Waals surface area contributed by atoms with Crippen LogP contribution < -0.4 is 5.32 Å². The molecule has 1 N–H and O–H groups in total. The number of rotatable bonds is 5. The van der Waals surface area contributed by atoms with Gasteiger partial charge in [-0.3, -0.25) is 4.57 Å². The number of anilines is 1. The van der Waals surface area contributed by atoms with E-state index in [-0.39, 0.29) is 0 Å². The van der Waals surface area contributed by atoms with Crippen molar-refractivity contribution in [1.82, 2.24) is 19.5 Å². The molecule has 0 saturated heterocycles. The Morgan fingerprint density at radius 3 is 2.53 bits per heavy atom. The standard InChI is InChI=1S/C14H21N5/c1-5-7-12-13(15-6-2)16-8-17-14(12)19-9-18-10(3)11(19)4/h8-9H,5-7H2,1-4H3,(H,15,16,17). The van der Waals surface area contributed by atoms with E-state index in [0.717, 1.165) is 48.0 Å². The number of nitrogens with one attached hydrogen (secondary N) is 1. The minimum absolute atomic E-state index is 0.856. The number of aryl methyl sites for hydroxylation is 1. The molecule has 0 saturated carbocycles. The second kappa shape index (κ2) is 5.82. The van der Waals surface area contributed by atoms with E-state index in [1.165, 1.54) is 0 Å².